The van der Waals surface area contributed by atoms with Crippen molar-refractivity contribution in [1.29, 1.82) is 0 Å². The maximum atomic E-state index is 12.4. The van der Waals surface area contributed by atoms with Crippen LogP contribution in [0.25, 0.3) is 0 Å². The van der Waals surface area contributed by atoms with Crippen molar-refractivity contribution in [3.05, 3.63) is 83.2 Å². The first-order chi connectivity index (χ1) is 19.1. The molecule has 0 saturated carbocycles. The Balaban J connectivity index is 1.16. The zero-order valence-electron chi connectivity index (χ0n) is 21.4. The lowest BCUT2D eigenvalue weighted by molar-refractivity contribution is -0.274. The molecule has 15 heteroatoms. The van der Waals surface area contributed by atoms with E-state index in [0.717, 1.165) is 11.3 Å². The molecule has 1 aromatic carbocycles. The maximum Gasteiger partial charge on any atom is 0.573 e. The van der Waals surface area contributed by atoms with Gasteiger partial charge in [0.2, 0.25) is 0 Å². The van der Waals surface area contributed by atoms with Gasteiger partial charge < -0.3 is 15.4 Å². The number of benzene rings is 1. The molecule has 210 valence electrons. The lowest BCUT2D eigenvalue weighted by atomic mass is 10.2. The van der Waals surface area contributed by atoms with Crippen LogP contribution in [-0.2, 0) is 26.2 Å². The van der Waals surface area contributed by atoms with Gasteiger partial charge in [-0.05, 0) is 49.1 Å². The van der Waals surface area contributed by atoms with E-state index in [2.05, 4.69) is 41.0 Å². The van der Waals surface area contributed by atoms with E-state index in [-0.39, 0.29) is 29.6 Å². The largest absolute Gasteiger partial charge is 0.573 e. The molecule has 0 aliphatic rings. The van der Waals surface area contributed by atoms with E-state index < -0.39 is 12.3 Å². The highest BCUT2D eigenvalue weighted by Crippen LogP contribution is 2.23. The van der Waals surface area contributed by atoms with Gasteiger partial charge in [0, 0.05) is 38.1 Å². The zero-order chi connectivity index (χ0) is 28.5. The van der Waals surface area contributed by atoms with Crippen molar-refractivity contribution in [3.63, 3.8) is 0 Å². The third-order valence-corrected chi connectivity index (χ3v) is 5.58. The molecule has 0 aliphatic heterocycles. The summed E-state index contributed by atoms with van der Waals surface area (Å²) < 4.78 is 44.2. The average Bonchev–Trinajstić information content (AvgIpc) is 3.59. The first kappa shape index (κ1) is 28.2. The molecule has 12 nitrogen and oxygen atoms in total. The highest BCUT2D eigenvalue weighted by molar-refractivity contribution is 5.92. The summed E-state index contributed by atoms with van der Waals surface area (Å²) in [7, 11) is 0. The van der Waals surface area contributed by atoms with Crippen molar-refractivity contribution in [2.45, 2.75) is 52.3 Å². The minimum atomic E-state index is -4.80. The molecule has 0 unspecified atom stereocenters. The van der Waals surface area contributed by atoms with Gasteiger partial charge in [0.05, 0.1) is 12.4 Å². The first-order valence-corrected chi connectivity index (χ1v) is 12.3. The van der Waals surface area contributed by atoms with E-state index >= 15 is 0 Å². The van der Waals surface area contributed by atoms with Crippen LogP contribution in [0.1, 0.15) is 50.6 Å². The molecule has 40 heavy (non-hydrogen) atoms. The molecule has 4 rings (SSSR count). The van der Waals surface area contributed by atoms with Crippen molar-refractivity contribution in [2.24, 2.45) is 0 Å². The van der Waals surface area contributed by atoms with Gasteiger partial charge in [0.1, 0.15) is 5.75 Å². The van der Waals surface area contributed by atoms with Gasteiger partial charge in [-0.25, -0.2) is 0 Å². The predicted octanol–water partition coefficient (Wildman–Crippen LogP) is 2.81. The first-order valence-electron chi connectivity index (χ1n) is 12.3. The van der Waals surface area contributed by atoms with Crippen molar-refractivity contribution in [3.8, 4) is 5.75 Å². The molecule has 0 fully saturated rings. The number of halogens is 3. The fourth-order valence-corrected chi connectivity index (χ4v) is 3.57. The molecule has 2 amide bonds. The maximum absolute atomic E-state index is 12.4. The van der Waals surface area contributed by atoms with E-state index in [1.54, 1.807) is 23.1 Å². The van der Waals surface area contributed by atoms with E-state index in [1.165, 1.54) is 29.1 Å². The van der Waals surface area contributed by atoms with Gasteiger partial charge in [-0.3, -0.25) is 23.9 Å². The Morgan fingerprint density at radius 2 is 1.48 bits per heavy atom. The number of ether oxygens (including phenoxy) is 1. The van der Waals surface area contributed by atoms with Crippen LogP contribution >= 0.6 is 0 Å². The second-order valence-corrected chi connectivity index (χ2v) is 8.81. The van der Waals surface area contributed by atoms with Crippen LogP contribution in [-0.4, -0.2) is 53.1 Å². The Hall–Kier alpha value is -4.82. The van der Waals surface area contributed by atoms with Crippen molar-refractivity contribution in [1.82, 2.24) is 45.6 Å². The van der Waals surface area contributed by atoms with Gasteiger partial charge >= 0.3 is 6.36 Å². The van der Waals surface area contributed by atoms with Gasteiger partial charge in [0.25, 0.3) is 11.8 Å². The van der Waals surface area contributed by atoms with E-state index in [4.69, 9.17) is 0 Å². The second kappa shape index (κ2) is 12.8. The van der Waals surface area contributed by atoms with E-state index in [9.17, 15) is 22.8 Å². The van der Waals surface area contributed by atoms with Gasteiger partial charge in [0.15, 0.2) is 11.4 Å². The monoisotopic (exact) mass is 557 g/mol. The predicted molar refractivity (Wildman–Crippen MR) is 134 cm³/mol. The van der Waals surface area contributed by atoms with Crippen LogP contribution in [0, 0.1) is 6.92 Å². The number of pyridine rings is 1. The topological polar surface area (TPSA) is 142 Å². The SMILES string of the molecule is Cc1ccc(CNC(=O)c2cn(CCCCn3cc(C(=O)NCc4cccc(OC(F)(F)F)c4)nn3)nn2)cn1. The van der Waals surface area contributed by atoms with Crippen LogP contribution < -0.4 is 15.4 Å². The molecule has 0 aliphatic carbocycles. The quantitative estimate of drug-likeness (QED) is 0.253. The van der Waals surface area contributed by atoms with E-state index in [0.29, 0.717) is 38.0 Å². The lowest BCUT2D eigenvalue weighted by Gasteiger charge is -2.10. The fourth-order valence-electron chi connectivity index (χ4n) is 3.57. The van der Waals surface area contributed by atoms with Gasteiger partial charge in [-0.1, -0.05) is 28.6 Å². The normalized spacial score (nSPS) is 11.3. The van der Waals surface area contributed by atoms with Gasteiger partial charge in [-0.15, -0.1) is 23.4 Å². The number of carbonyl (C=O) groups excluding carboxylic acids is 2. The number of hydrogen-bond acceptors (Lipinski definition) is 8. The number of nitrogens with one attached hydrogen (secondary N) is 2. The summed E-state index contributed by atoms with van der Waals surface area (Å²) in [5, 5.41) is 21.1. The van der Waals surface area contributed by atoms with Crippen molar-refractivity contribution >= 4 is 11.8 Å². The van der Waals surface area contributed by atoms with E-state index in [1.807, 2.05) is 19.1 Å². The Morgan fingerprint density at radius 3 is 2.02 bits per heavy atom. The summed E-state index contributed by atoms with van der Waals surface area (Å²) >= 11 is 0. The number of hydrogen-bond donors (Lipinski definition) is 2. The molecule has 0 radical (unpaired) electrons. The Labute approximate surface area is 226 Å². The third-order valence-electron chi connectivity index (χ3n) is 5.58. The minimum Gasteiger partial charge on any atom is -0.406 e. The van der Waals surface area contributed by atoms with Crippen molar-refractivity contribution in [2.75, 3.05) is 0 Å². The minimum absolute atomic E-state index is 0.0121. The van der Waals surface area contributed by atoms with Crippen molar-refractivity contribution < 1.29 is 27.5 Å². The second-order valence-electron chi connectivity index (χ2n) is 8.81. The molecule has 0 saturated heterocycles. The number of carbonyl (C=O) groups is 2. The molecule has 4 aromatic rings. The van der Waals surface area contributed by atoms with Crippen LogP contribution in [0.3, 0.4) is 0 Å². The molecule has 3 aromatic heterocycles. The summed E-state index contributed by atoms with van der Waals surface area (Å²) in [6.45, 7) is 3.23. The third kappa shape index (κ3) is 8.61. The number of aromatic nitrogens is 7. The molecule has 0 spiro atoms. The summed E-state index contributed by atoms with van der Waals surface area (Å²) in [5.41, 5.74) is 2.50. The average molecular weight is 558 g/mol. The summed E-state index contributed by atoms with van der Waals surface area (Å²) in [6.07, 6.45) is 1.37. The molecule has 3 heterocycles. The highest BCUT2D eigenvalue weighted by Gasteiger charge is 2.31. The number of unbranched alkanes of at least 4 members (excludes halogenated alkanes) is 1. The number of nitrogens with zero attached hydrogens (tertiary/aromatic N) is 7. The highest BCUT2D eigenvalue weighted by atomic mass is 19.4. The van der Waals surface area contributed by atoms with Crippen LogP contribution in [0.4, 0.5) is 13.2 Å². The Bertz CT molecular complexity index is 1440. The smallest absolute Gasteiger partial charge is 0.406 e. The Kier molecular flexibility index (Phi) is 9.04. The zero-order valence-corrected chi connectivity index (χ0v) is 21.4. The van der Waals surface area contributed by atoms with Crippen LogP contribution in [0.15, 0.2) is 55.0 Å². The molecule has 0 bridgehead atoms. The molecule has 2 N–H and O–H groups in total. The summed E-state index contributed by atoms with van der Waals surface area (Å²) in [4.78, 5) is 28.9. The summed E-state index contributed by atoms with van der Waals surface area (Å²) in [5.74, 6) is -1.21. The standard InChI is InChI=1S/C25H26F3N9O3/c1-17-7-8-19(13-29-17)14-31-24(39)22-16-37(35-33-22)10-3-2-9-36-15-21(32-34-36)23(38)30-12-18-5-4-6-20(11-18)40-25(26,27)28/h4-8,11,13,15-16H,2-3,9-10,12,14H2,1H3,(H,30,38)(H,31,39). The number of rotatable bonds is 12. The number of aryl methyl sites for hydroxylation is 3. The van der Waals surface area contributed by atoms with Gasteiger partial charge in [-0.2, -0.15) is 0 Å². The summed E-state index contributed by atoms with van der Waals surface area (Å²) in [6, 6.07) is 9.10. The molecular formula is C25H26F3N9O3. The molecular weight excluding hydrogens is 531 g/mol. The fraction of sp³-hybridized carbons (Fsp3) is 0.320. The Morgan fingerprint density at radius 1 is 0.875 bits per heavy atom. The lowest BCUT2D eigenvalue weighted by Crippen LogP contribution is -2.23. The number of amides is 2. The van der Waals surface area contributed by atoms with Crippen LogP contribution in [0.2, 0.25) is 0 Å². The van der Waals surface area contributed by atoms with Crippen LogP contribution in [0.5, 0.6) is 5.75 Å². The number of alkyl halides is 3. The molecule has 0 atom stereocenters.